The van der Waals surface area contributed by atoms with E-state index < -0.39 is 14.3 Å². The number of ether oxygens (including phenoxy) is 1. The molecule has 0 amide bonds. The van der Waals surface area contributed by atoms with Crippen molar-refractivity contribution in [1.29, 1.82) is 0 Å². The average molecular weight is 309 g/mol. The second kappa shape index (κ2) is 6.49. The van der Waals surface area contributed by atoms with Gasteiger partial charge < -0.3 is 9.16 Å². The number of rotatable bonds is 5. The van der Waals surface area contributed by atoms with Crippen LogP contribution in [0.1, 0.15) is 47.3 Å². The molecule has 6 heteroatoms. The third-order valence-corrected chi connectivity index (χ3v) is 8.31. The van der Waals surface area contributed by atoms with Crippen LogP contribution in [0.25, 0.3) is 0 Å². The molecule has 116 valence electrons. The third kappa shape index (κ3) is 4.47. The van der Waals surface area contributed by atoms with E-state index >= 15 is 0 Å². The lowest BCUT2D eigenvalue weighted by molar-refractivity contribution is 0.0600. The minimum Gasteiger partial charge on any atom is -0.465 e. The SMILES string of the molecule is COC(=O)c1cc(C=O)nc(CO[Si](C)(C)C(C)(C)C)c1. The molecule has 21 heavy (non-hydrogen) atoms. The molecule has 0 aromatic carbocycles. The highest BCUT2D eigenvalue weighted by atomic mass is 28.4. The molecule has 0 N–H and O–H groups in total. The molecule has 1 aromatic heterocycles. The van der Waals surface area contributed by atoms with Gasteiger partial charge in [0.05, 0.1) is 25.0 Å². The number of pyridine rings is 1. The summed E-state index contributed by atoms with van der Waals surface area (Å²) in [5, 5.41) is 0.0838. The highest BCUT2D eigenvalue weighted by Gasteiger charge is 2.37. The van der Waals surface area contributed by atoms with Crippen LogP contribution in [-0.4, -0.2) is 32.7 Å². The third-order valence-electron chi connectivity index (χ3n) is 3.83. The molecule has 0 spiro atoms. The van der Waals surface area contributed by atoms with Gasteiger partial charge in [0.15, 0.2) is 14.6 Å². The fourth-order valence-electron chi connectivity index (χ4n) is 1.45. The summed E-state index contributed by atoms with van der Waals surface area (Å²) in [4.78, 5) is 26.7. The van der Waals surface area contributed by atoms with E-state index in [4.69, 9.17) is 4.43 Å². The highest BCUT2D eigenvalue weighted by Crippen LogP contribution is 2.36. The van der Waals surface area contributed by atoms with Crippen LogP contribution in [0.5, 0.6) is 0 Å². The van der Waals surface area contributed by atoms with E-state index in [0.29, 0.717) is 17.5 Å². The lowest BCUT2D eigenvalue weighted by Crippen LogP contribution is -2.40. The zero-order valence-corrected chi connectivity index (χ0v) is 14.5. The molecule has 0 aliphatic rings. The molecule has 1 rings (SSSR count). The molecular formula is C15H23NO4Si. The number of carbonyl (C=O) groups excluding carboxylic acids is 2. The van der Waals surface area contributed by atoms with Crippen molar-refractivity contribution in [2.75, 3.05) is 7.11 Å². The largest absolute Gasteiger partial charge is 0.465 e. The lowest BCUT2D eigenvalue weighted by Gasteiger charge is -2.36. The molecule has 0 unspecified atom stereocenters. The van der Waals surface area contributed by atoms with Gasteiger partial charge in [0, 0.05) is 0 Å². The van der Waals surface area contributed by atoms with Gasteiger partial charge in [-0.25, -0.2) is 9.78 Å². The summed E-state index contributed by atoms with van der Waals surface area (Å²) in [7, 11) is -0.612. The first-order valence-electron chi connectivity index (χ1n) is 6.79. The Morgan fingerprint density at radius 2 is 1.95 bits per heavy atom. The van der Waals surface area contributed by atoms with E-state index in [2.05, 4.69) is 43.6 Å². The number of aromatic nitrogens is 1. The van der Waals surface area contributed by atoms with E-state index in [9.17, 15) is 9.59 Å². The summed E-state index contributed by atoms with van der Waals surface area (Å²) in [5.41, 5.74) is 1.07. The second-order valence-electron chi connectivity index (χ2n) is 6.43. The number of nitrogens with zero attached hydrogens (tertiary/aromatic N) is 1. The van der Waals surface area contributed by atoms with Crippen LogP contribution in [0.4, 0.5) is 0 Å². The van der Waals surface area contributed by atoms with E-state index in [1.54, 1.807) is 6.07 Å². The second-order valence-corrected chi connectivity index (χ2v) is 11.2. The van der Waals surface area contributed by atoms with Crippen LogP contribution < -0.4 is 0 Å². The Morgan fingerprint density at radius 1 is 1.33 bits per heavy atom. The maximum Gasteiger partial charge on any atom is 0.337 e. The van der Waals surface area contributed by atoms with Gasteiger partial charge in [-0.05, 0) is 30.3 Å². The fraction of sp³-hybridized carbons (Fsp3) is 0.533. The van der Waals surface area contributed by atoms with E-state index in [-0.39, 0.29) is 17.3 Å². The van der Waals surface area contributed by atoms with Crippen molar-refractivity contribution < 1.29 is 18.8 Å². The molecule has 0 atom stereocenters. The summed E-state index contributed by atoms with van der Waals surface area (Å²) in [5.74, 6) is -0.492. The van der Waals surface area contributed by atoms with Gasteiger partial charge in [-0.15, -0.1) is 0 Å². The topological polar surface area (TPSA) is 65.5 Å². The Balaban J connectivity index is 2.98. The Labute approximate surface area is 126 Å². The molecule has 0 aliphatic carbocycles. The van der Waals surface area contributed by atoms with Crippen molar-refractivity contribution in [3.05, 3.63) is 29.1 Å². The standard InChI is InChI=1S/C15H23NO4Si/c1-15(2,3)21(5,6)20-10-13-8-11(14(18)19-4)7-12(9-17)16-13/h7-9H,10H2,1-6H3. The van der Waals surface area contributed by atoms with Crippen LogP contribution >= 0.6 is 0 Å². The number of esters is 1. The first kappa shape index (κ1) is 17.5. The van der Waals surface area contributed by atoms with Gasteiger partial charge in [0.2, 0.25) is 0 Å². The van der Waals surface area contributed by atoms with E-state index in [1.165, 1.54) is 13.2 Å². The summed E-state index contributed by atoms with van der Waals surface area (Å²) < 4.78 is 10.7. The molecule has 0 radical (unpaired) electrons. The van der Waals surface area contributed by atoms with Crippen LogP contribution in [0.2, 0.25) is 18.1 Å². The zero-order chi connectivity index (χ0) is 16.3. The minimum absolute atomic E-state index is 0.0838. The summed E-state index contributed by atoms with van der Waals surface area (Å²) >= 11 is 0. The van der Waals surface area contributed by atoms with Crippen LogP contribution in [-0.2, 0) is 15.8 Å². The van der Waals surface area contributed by atoms with Gasteiger partial charge in [-0.2, -0.15) is 0 Å². The number of carbonyl (C=O) groups is 2. The Morgan fingerprint density at radius 3 is 2.43 bits per heavy atom. The van der Waals surface area contributed by atoms with Gasteiger partial charge in [0.25, 0.3) is 0 Å². The molecule has 1 aromatic rings. The maximum absolute atomic E-state index is 11.6. The molecule has 0 aliphatic heterocycles. The van der Waals surface area contributed by atoms with Crippen molar-refractivity contribution in [3.63, 3.8) is 0 Å². The van der Waals surface area contributed by atoms with Crippen molar-refractivity contribution in [1.82, 2.24) is 4.98 Å². The Kier molecular flexibility index (Phi) is 5.41. The van der Waals surface area contributed by atoms with E-state index in [0.717, 1.165) is 0 Å². The summed E-state index contributed by atoms with van der Waals surface area (Å²) in [6, 6.07) is 3.01. The van der Waals surface area contributed by atoms with Crippen molar-refractivity contribution >= 4 is 20.6 Å². The normalized spacial score (nSPS) is 12.1. The van der Waals surface area contributed by atoms with Crippen molar-refractivity contribution in [3.8, 4) is 0 Å². The zero-order valence-electron chi connectivity index (χ0n) is 13.5. The molecule has 0 fully saturated rings. The van der Waals surface area contributed by atoms with Crippen LogP contribution in [0.15, 0.2) is 12.1 Å². The molecule has 5 nitrogen and oxygen atoms in total. The number of hydrogen-bond acceptors (Lipinski definition) is 5. The number of aldehydes is 1. The predicted octanol–water partition coefficient (Wildman–Crippen LogP) is 3.20. The van der Waals surface area contributed by atoms with Gasteiger partial charge >= 0.3 is 5.97 Å². The van der Waals surface area contributed by atoms with Gasteiger partial charge in [0.1, 0.15) is 5.69 Å². The van der Waals surface area contributed by atoms with Crippen molar-refractivity contribution in [2.45, 2.75) is 45.5 Å². The smallest absolute Gasteiger partial charge is 0.337 e. The fourth-order valence-corrected chi connectivity index (χ4v) is 2.39. The van der Waals surface area contributed by atoms with Crippen molar-refractivity contribution in [2.24, 2.45) is 0 Å². The lowest BCUT2D eigenvalue weighted by atomic mass is 10.2. The van der Waals surface area contributed by atoms with Gasteiger partial charge in [-0.1, -0.05) is 20.8 Å². The highest BCUT2D eigenvalue weighted by molar-refractivity contribution is 6.74. The summed E-state index contributed by atoms with van der Waals surface area (Å²) in [6.45, 7) is 11.0. The monoisotopic (exact) mass is 309 g/mol. The number of hydrogen-bond donors (Lipinski definition) is 0. The molecule has 0 bridgehead atoms. The maximum atomic E-state index is 11.6. The minimum atomic E-state index is -1.91. The van der Waals surface area contributed by atoms with Crippen LogP contribution in [0.3, 0.4) is 0 Å². The van der Waals surface area contributed by atoms with E-state index in [1.807, 2.05) is 0 Å². The van der Waals surface area contributed by atoms with Gasteiger partial charge in [-0.3, -0.25) is 4.79 Å². The average Bonchev–Trinajstić information content (AvgIpc) is 2.42. The quantitative estimate of drug-likeness (QED) is 0.475. The van der Waals surface area contributed by atoms with Crippen LogP contribution in [0, 0.1) is 0 Å². The summed E-state index contributed by atoms with van der Waals surface area (Å²) in [6.07, 6.45) is 0.613. The first-order valence-corrected chi connectivity index (χ1v) is 9.70. The number of methoxy groups -OCH3 is 1. The Hall–Kier alpha value is -1.53. The molecule has 1 heterocycles. The first-order chi connectivity index (χ1) is 9.60. The molecule has 0 saturated carbocycles. The molecule has 0 saturated heterocycles. The molecular weight excluding hydrogens is 286 g/mol. The predicted molar refractivity (Wildman–Crippen MR) is 83.0 cm³/mol. The Bertz CT molecular complexity index is 535.